The fraction of sp³-hybridized carbons (Fsp3) is 0.300. The molecule has 1 heterocycles. The number of hydrogen-bond acceptors (Lipinski definition) is 6. The maximum Gasteiger partial charge on any atom is 0.418 e. The standard InChI is InChI=1S/C10H8NO6/c1-6(15-4-12)7-2-9-10(17-5-16-9)3-8(7)11(13)14/h2-3,6H,5H2,1H3/t6-/m1/s1. The Morgan fingerprint density at radius 1 is 1.47 bits per heavy atom. The average Bonchev–Trinajstić information content (AvgIpc) is 2.74. The minimum Gasteiger partial charge on any atom is -0.454 e. The molecule has 0 amide bonds. The summed E-state index contributed by atoms with van der Waals surface area (Å²) in [5, 5.41) is 10.9. The van der Waals surface area contributed by atoms with Crippen LogP contribution in [0.5, 0.6) is 11.5 Å². The number of benzene rings is 1. The fourth-order valence-corrected chi connectivity index (χ4v) is 1.57. The van der Waals surface area contributed by atoms with Crippen LogP contribution >= 0.6 is 0 Å². The van der Waals surface area contributed by atoms with Crippen LogP contribution in [0.2, 0.25) is 0 Å². The summed E-state index contributed by atoms with van der Waals surface area (Å²) in [6, 6.07) is 2.69. The van der Waals surface area contributed by atoms with Gasteiger partial charge in [-0.15, -0.1) is 0 Å². The van der Waals surface area contributed by atoms with Crippen molar-refractivity contribution >= 4 is 12.2 Å². The molecule has 1 aliphatic rings. The van der Waals surface area contributed by atoms with Crippen molar-refractivity contribution in [3.8, 4) is 11.5 Å². The quantitative estimate of drug-likeness (QED) is 0.583. The summed E-state index contributed by atoms with van der Waals surface area (Å²) in [7, 11) is 0. The van der Waals surface area contributed by atoms with Gasteiger partial charge < -0.3 is 14.2 Å². The maximum absolute atomic E-state index is 10.9. The van der Waals surface area contributed by atoms with Gasteiger partial charge in [0.1, 0.15) is 6.10 Å². The smallest absolute Gasteiger partial charge is 0.418 e. The Hall–Kier alpha value is -2.31. The van der Waals surface area contributed by atoms with E-state index in [-0.39, 0.29) is 18.0 Å². The van der Waals surface area contributed by atoms with Crippen LogP contribution in [-0.2, 0) is 9.53 Å². The summed E-state index contributed by atoms with van der Waals surface area (Å²) < 4.78 is 14.7. The molecular weight excluding hydrogens is 230 g/mol. The lowest BCUT2D eigenvalue weighted by atomic mass is 10.1. The molecule has 0 unspecified atom stereocenters. The molecule has 0 aromatic heterocycles. The Morgan fingerprint density at radius 2 is 2.12 bits per heavy atom. The Bertz CT molecular complexity index is 472. The highest BCUT2D eigenvalue weighted by atomic mass is 16.7. The lowest BCUT2D eigenvalue weighted by Gasteiger charge is -2.10. The van der Waals surface area contributed by atoms with Gasteiger partial charge in [0.2, 0.25) is 6.79 Å². The number of fused-ring (bicyclic) bond motifs is 1. The van der Waals surface area contributed by atoms with Crippen molar-refractivity contribution in [3.05, 3.63) is 27.8 Å². The fourth-order valence-electron chi connectivity index (χ4n) is 1.57. The summed E-state index contributed by atoms with van der Waals surface area (Å²) in [5.74, 6) is 0.703. The van der Waals surface area contributed by atoms with Crippen molar-refractivity contribution in [3.63, 3.8) is 0 Å². The molecule has 89 valence electrons. The topological polar surface area (TPSA) is 87.9 Å². The zero-order chi connectivity index (χ0) is 12.4. The average molecular weight is 238 g/mol. The zero-order valence-corrected chi connectivity index (χ0v) is 8.84. The van der Waals surface area contributed by atoms with Crippen LogP contribution in [0, 0.1) is 10.1 Å². The van der Waals surface area contributed by atoms with Gasteiger partial charge in [-0.05, 0) is 13.0 Å². The molecule has 0 bridgehead atoms. The molecule has 2 rings (SSSR count). The molecule has 0 saturated heterocycles. The Labute approximate surface area is 96.0 Å². The molecule has 1 radical (unpaired) electrons. The Balaban J connectivity index is 2.48. The number of rotatable bonds is 4. The van der Waals surface area contributed by atoms with Crippen LogP contribution in [0.3, 0.4) is 0 Å². The van der Waals surface area contributed by atoms with Crippen molar-refractivity contribution in [2.75, 3.05) is 6.79 Å². The summed E-state index contributed by atoms with van der Waals surface area (Å²) in [6.45, 7) is 2.78. The Morgan fingerprint density at radius 3 is 2.71 bits per heavy atom. The van der Waals surface area contributed by atoms with Gasteiger partial charge in [-0.25, -0.2) is 4.79 Å². The molecular formula is C10H8NO6. The lowest BCUT2D eigenvalue weighted by molar-refractivity contribution is -0.386. The number of nitro groups is 1. The van der Waals surface area contributed by atoms with Gasteiger partial charge in [0.15, 0.2) is 11.5 Å². The molecule has 0 aliphatic carbocycles. The van der Waals surface area contributed by atoms with Gasteiger partial charge in [-0.2, -0.15) is 0 Å². The first kappa shape index (κ1) is 11.2. The molecule has 0 saturated carbocycles. The molecule has 7 heteroatoms. The third kappa shape index (κ3) is 1.99. The molecule has 1 aromatic rings. The first-order valence-electron chi connectivity index (χ1n) is 4.74. The van der Waals surface area contributed by atoms with E-state index in [1.807, 2.05) is 0 Å². The predicted molar refractivity (Wildman–Crippen MR) is 54.4 cm³/mol. The minimum absolute atomic E-state index is 0.0188. The number of nitrogens with zero attached hydrogens (tertiary/aromatic N) is 1. The van der Waals surface area contributed by atoms with E-state index in [4.69, 9.17) is 9.47 Å². The van der Waals surface area contributed by atoms with E-state index in [1.165, 1.54) is 25.5 Å². The van der Waals surface area contributed by atoms with Crippen molar-refractivity contribution in [2.45, 2.75) is 13.0 Å². The largest absolute Gasteiger partial charge is 0.454 e. The van der Waals surface area contributed by atoms with Crippen molar-refractivity contribution in [1.29, 1.82) is 0 Å². The highest BCUT2D eigenvalue weighted by Gasteiger charge is 2.26. The van der Waals surface area contributed by atoms with Crippen molar-refractivity contribution in [2.24, 2.45) is 0 Å². The first-order chi connectivity index (χ1) is 8.13. The summed E-state index contributed by atoms with van der Waals surface area (Å²) >= 11 is 0. The Kier molecular flexibility index (Phi) is 2.82. The molecule has 0 spiro atoms. The highest BCUT2D eigenvalue weighted by molar-refractivity contribution is 5.56. The second-order valence-corrected chi connectivity index (χ2v) is 3.36. The van der Waals surface area contributed by atoms with Crippen LogP contribution < -0.4 is 9.47 Å². The number of nitro benzene ring substituents is 1. The van der Waals surface area contributed by atoms with E-state index >= 15 is 0 Å². The van der Waals surface area contributed by atoms with Crippen molar-refractivity contribution in [1.82, 2.24) is 0 Å². The van der Waals surface area contributed by atoms with Gasteiger partial charge in [-0.3, -0.25) is 10.1 Å². The normalized spacial score (nSPS) is 14.2. The van der Waals surface area contributed by atoms with E-state index in [9.17, 15) is 14.9 Å². The second-order valence-electron chi connectivity index (χ2n) is 3.36. The van der Waals surface area contributed by atoms with Crippen LogP contribution in [0.25, 0.3) is 0 Å². The molecule has 17 heavy (non-hydrogen) atoms. The summed E-state index contributed by atoms with van der Waals surface area (Å²) in [4.78, 5) is 20.4. The van der Waals surface area contributed by atoms with Gasteiger partial charge in [0, 0.05) is 0 Å². The number of carbonyl (C=O) groups excluding carboxylic acids is 1. The second kappa shape index (κ2) is 4.28. The predicted octanol–water partition coefficient (Wildman–Crippen LogP) is 1.47. The van der Waals surface area contributed by atoms with Crippen LogP contribution in [0.1, 0.15) is 18.6 Å². The van der Waals surface area contributed by atoms with E-state index in [1.54, 1.807) is 0 Å². The van der Waals surface area contributed by atoms with E-state index in [0.29, 0.717) is 11.5 Å². The maximum atomic E-state index is 10.9. The molecule has 7 nitrogen and oxygen atoms in total. The highest BCUT2D eigenvalue weighted by Crippen LogP contribution is 2.40. The minimum atomic E-state index is -0.776. The van der Waals surface area contributed by atoms with E-state index in [2.05, 4.69) is 4.74 Å². The van der Waals surface area contributed by atoms with Crippen LogP contribution in [-0.4, -0.2) is 18.2 Å². The first-order valence-corrected chi connectivity index (χ1v) is 4.74. The van der Waals surface area contributed by atoms with Crippen molar-refractivity contribution < 1.29 is 23.9 Å². The molecule has 0 N–H and O–H groups in total. The van der Waals surface area contributed by atoms with Gasteiger partial charge >= 0.3 is 6.47 Å². The zero-order valence-electron chi connectivity index (χ0n) is 8.84. The molecule has 1 atom stereocenters. The lowest BCUT2D eigenvalue weighted by Crippen LogP contribution is -2.03. The van der Waals surface area contributed by atoms with Crippen LogP contribution in [0.4, 0.5) is 5.69 Å². The molecule has 0 fully saturated rings. The monoisotopic (exact) mass is 238 g/mol. The SMILES string of the molecule is C[C@@H](O[C]=O)c1cc2c(cc1[N+](=O)[O-])OCO2. The van der Waals surface area contributed by atoms with E-state index < -0.39 is 11.0 Å². The third-order valence-electron chi connectivity index (χ3n) is 2.38. The molecule has 1 aliphatic heterocycles. The van der Waals surface area contributed by atoms with Gasteiger partial charge in [0.25, 0.3) is 5.69 Å². The van der Waals surface area contributed by atoms with Crippen LogP contribution in [0.15, 0.2) is 12.1 Å². The summed E-state index contributed by atoms with van der Waals surface area (Å²) in [6.07, 6.45) is -0.776. The van der Waals surface area contributed by atoms with E-state index in [0.717, 1.165) is 0 Å². The van der Waals surface area contributed by atoms with Gasteiger partial charge in [0.05, 0.1) is 16.6 Å². The number of ether oxygens (including phenoxy) is 3. The number of hydrogen-bond donors (Lipinski definition) is 0. The molecule has 1 aromatic carbocycles. The third-order valence-corrected chi connectivity index (χ3v) is 2.38. The summed E-state index contributed by atoms with van der Waals surface area (Å²) in [5.41, 5.74) is 0.0552. The van der Waals surface area contributed by atoms with Gasteiger partial charge in [-0.1, -0.05) is 0 Å².